The van der Waals surface area contributed by atoms with E-state index in [9.17, 15) is 8.42 Å². The third-order valence-electron chi connectivity index (χ3n) is 2.46. The molecule has 19 heavy (non-hydrogen) atoms. The Labute approximate surface area is 114 Å². The number of sulfonamides is 1. The molecule has 0 fully saturated rings. The number of nitrogens with two attached hydrogens (primary N) is 2. The largest absolute Gasteiger partial charge is 0.398 e. The first-order valence-electron chi connectivity index (χ1n) is 6.19. The zero-order valence-electron chi connectivity index (χ0n) is 11.1. The Hall–Kier alpha value is -1.31. The van der Waals surface area contributed by atoms with Crippen molar-refractivity contribution in [2.24, 2.45) is 5.14 Å². The van der Waals surface area contributed by atoms with Gasteiger partial charge in [0.05, 0.1) is 5.69 Å². The molecule has 0 bridgehead atoms. The highest BCUT2D eigenvalue weighted by Crippen LogP contribution is 2.21. The summed E-state index contributed by atoms with van der Waals surface area (Å²) in [7, 11) is -3.76. The molecule has 5 N–H and O–H groups in total. The maximum absolute atomic E-state index is 11.2. The van der Waals surface area contributed by atoms with Gasteiger partial charge in [-0.3, -0.25) is 0 Å². The van der Waals surface area contributed by atoms with Crippen LogP contribution in [-0.4, -0.2) is 28.2 Å². The summed E-state index contributed by atoms with van der Waals surface area (Å²) in [5, 5.41) is 8.18. The summed E-state index contributed by atoms with van der Waals surface area (Å²) < 4.78 is 27.7. The SMILES string of the molecule is CCCOCCCNc1ccc(S(N)(=O)=O)c(N)c1. The number of rotatable bonds is 8. The molecule has 0 radical (unpaired) electrons. The minimum atomic E-state index is -3.76. The lowest BCUT2D eigenvalue weighted by atomic mass is 10.2. The highest BCUT2D eigenvalue weighted by Gasteiger charge is 2.11. The smallest absolute Gasteiger partial charge is 0.240 e. The van der Waals surface area contributed by atoms with Gasteiger partial charge in [0.25, 0.3) is 0 Å². The second-order valence-electron chi connectivity index (χ2n) is 4.19. The number of anilines is 2. The Morgan fingerprint density at radius 2 is 2.05 bits per heavy atom. The molecular weight excluding hydrogens is 266 g/mol. The fourth-order valence-corrected chi connectivity index (χ4v) is 2.22. The molecule has 0 spiro atoms. The number of primary sulfonamides is 1. The van der Waals surface area contributed by atoms with Crippen LogP contribution in [-0.2, 0) is 14.8 Å². The Morgan fingerprint density at radius 1 is 1.32 bits per heavy atom. The molecule has 1 aromatic carbocycles. The molecule has 0 heterocycles. The van der Waals surface area contributed by atoms with Crippen molar-refractivity contribution in [2.45, 2.75) is 24.7 Å². The normalized spacial score (nSPS) is 11.5. The zero-order chi connectivity index (χ0) is 14.3. The van der Waals surface area contributed by atoms with Crippen LogP contribution in [0.1, 0.15) is 19.8 Å². The molecule has 0 unspecified atom stereocenters. The molecule has 0 amide bonds. The van der Waals surface area contributed by atoms with E-state index in [-0.39, 0.29) is 10.6 Å². The maximum Gasteiger partial charge on any atom is 0.240 e. The molecule has 0 aliphatic heterocycles. The van der Waals surface area contributed by atoms with Gasteiger partial charge in [-0.25, -0.2) is 13.6 Å². The molecule has 1 rings (SSSR count). The van der Waals surface area contributed by atoms with Gasteiger partial charge in [-0.2, -0.15) is 0 Å². The fraction of sp³-hybridized carbons (Fsp3) is 0.500. The van der Waals surface area contributed by atoms with Gasteiger partial charge in [-0.15, -0.1) is 0 Å². The number of nitrogen functional groups attached to an aromatic ring is 1. The third kappa shape index (κ3) is 5.46. The Balaban J connectivity index is 2.46. The standard InChI is InChI=1S/C12H21N3O3S/c1-2-7-18-8-3-6-15-10-4-5-12(11(13)9-10)19(14,16)17/h4-5,9,15H,2-3,6-8,13H2,1H3,(H2,14,16,17). The van der Waals surface area contributed by atoms with Crippen LogP contribution in [0.25, 0.3) is 0 Å². The van der Waals surface area contributed by atoms with Gasteiger partial charge in [-0.1, -0.05) is 6.92 Å². The molecule has 0 aromatic heterocycles. The minimum absolute atomic E-state index is 0.0515. The van der Waals surface area contributed by atoms with Crippen molar-refractivity contribution in [1.29, 1.82) is 0 Å². The van der Waals surface area contributed by atoms with Crippen molar-refractivity contribution in [3.8, 4) is 0 Å². The van der Waals surface area contributed by atoms with Gasteiger partial charge in [0.15, 0.2) is 0 Å². The predicted octanol–water partition coefficient (Wildman–Crippen LogP) is 1.14. The topological polar surface area (TPSA) is 107 Å². The predicted molar refractivity (Wildman–Crippen MR) is 76.4 cm³/mol. The Bertz CT molecular complexity index is 503. The van der Waals surface area contributed by atoms with E-state index < -0.39 is 10.0 Å². The lowest BCUT2D eigenvalue weighted by molar-refractivity contribution is 0.134. The van der Waals surface area contributed by atoms with Gasteiger partial charge < -0.3 is 15.8 Å². The van der Waals surface area contributed by atoms with E-state index in [0.29, 0.717) is 6.61 Å². The van der Waals surface area contributed by atoms with E-state index in [4.69, 9.17) is 15.6 Å². The van der Waals surface area contributed by atoms with Crippen LogP contribution in [0.4, 0.5) is 11.4 Å². The van der Waals surface area contributed by atoms with Crippen LogP contribution in [0.5, 0.6) is 0 Å². The van der Waals surface area contributed by atoms with Gasteiger partial charge in [-0.05, 0) is 31.0 Å². The lowest BCUT2D eigenvalue weighted by Crippen LogP contribution is -2.14. The van der Waals surface area contributed by atoms with Crippen molar-refractivity contribution in [1.82, 2.24) is 0 Å². The monoisotopic (exact) mass is 287 g/mol. The molecule has 0 saturated heterocycles. The van der Waals surface area contributed by atoms with Gasteiger partial charge in [0, 0.05) is 25.4 Å². The number of benzene rings is 1. The van der Waals surface area contributed by atoms with Crippen LogP contribution >= 0.6 is 0 Å². The first-order chi connectivity index (χ1) is 8.95. The lowest BCUT2D eigenvalue weighted by Gasteiger charge is -2.09. The molecule has 7 heteroatoms. The summed E-state index contributed by atoms with van der Waals surface area (Å²) in [4.78, 5) is -0.0515. The van der Waals surface area contributed by atoms with Gasteiger partial charge >= 0.3 is 0 Å². The van der Waals surface area contributed by atoms with Crippen LogP contribution in [0.15, 0.2) is 23.1 Å². The van der Waals surface area contributed by atoms with E-state index in [0.717, 1.165) is 31.7 Å². The number of nitrogens with one attached hydrogen (secondary N) is 1. The van der Waals surface area contributed by atoms with Crippen molar-refractivity contribution in [2.75, 3.05) is 30.8 Å². The third-order valence-corrected chi connectivity index (χ3v) is 3.44. The van der Waals surface area contributed by atoms with Crippen LogP contribution in [0.2, 0.25) is 0 Å². The van der Waals surface area contributed by atoms with E-state index in [1.165, 1.54) is 6.07 Å². The van der Waals surface area contributed by atoms with Gasteiger partial charge in [0.2, 0.25) is 10.0 Å². The molecule has 0 saturated carbocycles. The first-order valence-corrected chi connectivity index (χ1v) is 7.73. The Morgan fingerprint density at radius 3 is 2.63 bits per heavy atom. The van der Waals surface area contributed by atoms with Crippen LogP contribution in [0.3, 0.4) is 0 Å². The molecule has 6 nitrogen and oxygen atoms in total. The van der Waals surface area contributed by atoms with E-state index in [1.807, 2.05) is 0 Å². The average molecular weight is 287 g/mol. The van der Waals surface area contributed by atoms with Crippen molar-refractivity contribution in [3.63, 3.8) is 0 Å². The molecule has 0 aliphatic rings. The average Bonchev–Trinajstić information content (AvgIpc) is 2.32. The maximum atomic E-state index is 11.2. The number of ether oxygens (including phenoxy) is 1. The highest BCUT2D eigenvalue weighted by molar-refractivity contribution is 7.89. The highest BCUT2D eigenvalue weighted by atomic mass is 32.2. The van der Waals surface area contributed by atoms with E-state index >= 15 is 0 Å². The molecule has 0 aliphatic carbocycles. The van der Waals surface area contributed by atoms with Crippen molar-refractivity contribution >= 4 is 21.4 Å². The fourth-order valence-electron chi connectivity index (χ4n) is 1.57. The molecular formula is C12H21N3O3S. The Kier molecular flexibility index (Phi) is 6.07. The quantitative estimate of drug-likeness (QED) is 0.491. The second-order valence-corrected chi connectivity index (χ2v) is 5.72. The molecule has 1 aromatic rings. The number of hydrogen-bond acceptors (Lipinski definition) is 5. The van der Waals surface area contributed by atoms with Crippen molar-refractivity contribution < 1.29 is 13.2 Å². The van der Waals surface area contributed by atoms with Crippen LogP contribution < -0.4 is 16.2 Å². The van der Waals surface area contributed by atoms with E-state index in [2.05, 4.69) is 12.2 Å². The van der Waals surface area contributed by atoms with Crippen LogP contribution in [0, 0.1) is 0 Å². The first kappa shape index (κ1) is 15.7. The molecule has 108 valence electrons. The second kappa shape index (κ2) is 7.32. The van der Waals surface area contributed by atoms with Crippen molar-refractivity contribution in [3.05, 3.63) is 18.2 Å². The van der Waals surface area contributed by atoms with Gasteiger partial charge in [0.1, 0.15) is 4.90 Å². The minimum Gasteiger partial charge on any atom is -0.398 e. The zero-order valence-corrected chi connectivity index (χ0v) is 11.9. The summed E-state index contributed by atoms with van der Waals surface area (Å²) in [5.41, 5.74) is 6.57. The van der Waals surface area contributed by atoms with E-state index in [1.54, 1.807) is 12.1 Å². The molecule has 0 atom stereocenters. The summed E-state index contributed by atoms with van der Waals surface area (Å²) in [6.45, 7) is 4.27. The summed E-state index contributed by atoms with van der Waals surface area (Å²) in [6, 6.07) is 4.61. The summed E-state index contributed by atoms with van der Waals surface area (Å²) >= 11 is 0. The summed E-state index contributed by atoms with van der Waals surface area (Å²) in [6.07, 6.45) is 1.88. The summed E-state index contributed by atoms with van der Waals surface area (Å²) in [5.74, 6) is 0. The number of hydrogen-bond donors (Lipinski definition) is 3.